The van der Waals surface area contributed by atoms with Gasteiger partial charge in [0, 0.05) is 13.0 Å². The van der Waals surface area contributed by atoms with E-state index < -0.39 is 0 Å². The standard InChI is InChI=1S/C13H15N5O2S/c14-13(21)9-3-1-2-4-10(9)20-7-12(19)15-6-5-11-16-8-17-18-11/h1-4,8H,5-7H2,(H2,14,21)(H,15,19)(H,16,17,18). The fraction of sp³-hybridized carbons (Fsp3) is 0.231. The molecular formula is C13H15N5O2S. The Morgan fingerprint density at radius 1 is 1.43 bits per heavy atom. The number of nitrogens with zero attached hydrogens (tertiary/aromatic N) is 2. The number of carbonyl (C=O) groups is 1. The van der Waals surface area contributed by atoms with Gasteiger partial charge in [-0.2, -0.15) is 5.10 Å². The van der Waals surface area contributed by atoms with E-state index in [-0.39, 0.29) is 17.5 Å². The summed E-state index contributed by atoms with van der Waals surface area (Å²) >= 11 is 4.93. The summed E-state index contributed by atoms with van der Waals surface area (Å²) in [6.07, 6.45) is 2.00. The fourth-order valence-electron chi connectivity index (χ4n) is 1.66. The number of nitrogens with one attached hydrogen (secondary N) is 2. The van der Waals surface area contributed by atoms with E-state index in [4.69, 9.17) is 22.7 Å². The van der Waals surface area contributed by atoms with Crippen LogP contribution in [0.3, 0.4) is 0 Å². The van der Waals surface area contributed by atoms with Crippen LogP contribution in [0.1, 0.15) is 11.4 Å². The molecule has 0 saturated carbocycles. The van der Waals surface area contributed by atoms with Gasteiger partial charge >= 0.3 is 0 Å². The lowest BCUT2D eigenvalue weighted by Crippen LogP contribution is -2.31. The second kappa shape index (κ2) is 7.34. The third-order valence-electron chi connectivity index (χ3n) is 2.66. The Morgan fingerprint density at radius 3 is 2.95 bits per heavy atom. The highest BCUT2D eigenvalue weighted by molar-refractivity contribution is 7.80. The van der Waals surface area contributed by atoms with E-state index in [1.165, 1.54) is 6.33 Å². The molecule has 1 amide bonds. The number of ether oxygens (including phenoxy) is 1. The third kappa shape index (κ3) is 4.53. The monoisotopic (exact) mass is 305 g/mol. The van der Waals surface area contributed by atoms with Crippen molar-refractivity contribution in [2.75, 3.05) is 13.2 Å². The van der Waals surface area contributed by atoms with Crippen molar-refractivity contribution in [3.8, 4) is 5.75 Å². The lowest BCUT2D eigenvalue weighted by molar-refractivity contribution is -0.123. The highest BCUT2D eigenvalue weighted by Gasteiger charge is 2.08. The van der Waals surface area contributed by atoms with Crippen LogP contribution in [0, 0.1) is 0 Å². The van der Waals surface area contributed by atoms with Crippen molar-refractivity contribution in [1.82, 2.24) is 20.5 Å². The fourth-order valence-corrected chi connectivity index (χ4v) is 1.83. The Balaban J connectivity index is 1.77. The van der Waals surface area contributed by atoms with E-state index >= 15 is 0 Å². The number of hydrogen-bond acceptors (Lipinski definition) is 5. The second-order valence-corrected chi connectivity index (χ2v) is 4.62. The second-order valence-electron chi connectivity index (χ2n) is 4.18. The van der Waals surface area contributed by atoms with E-state index in [9.17, 15) is 4.79 Å². The molecule has 0 unspecified atom stereocenters. The molecule has 21 heavy (non-hydrogen) atoms. The number of hydrogen-bond donors (Lipinski definition) is 3. The molecule has 0 saturated heterocycles. The number of nitrogens with two attached hydrogens (primary N) is 1. The lowest BCUT2D eigenvalue weighted by atomic mass is 10.2. The van der Waals surface area contributed by atoms with Crippen molar-refractivity contribution >= 4 is 23.1 Å². The van der Waals surface area contributed by atoms with Gasteiger partial charge in [0.15, 0.2) is 6.61 Å². The molecule has 8 heteroatoms. The third-order valence-corrected chi connectivity index (χ3v) is 2.88. The summed E-state index contributed by atoms with van der Waals surface area (Å²) in [5, 5.41) is 9.17. The largest absolute Gasteiger partial charge is 0.483 e. The number of amides is 1. The van der Waals surface area contributed by atoms with Crippen molar-refractivity contribution in [2.45, 2.75) is 6.42 Å². The lowest BCUT2D eigenvalue weighted by Gasteiger charge is -2.10. The van der Waals surface area contributed by atoms with Crippen LogP contribution in [0.4, 0.5) is 0 Å². The van der Waals surface area contributed by atoms with Crippen LogP contribution in [-0.2, 0) is 11.2 Å². The van der Waals surface area contributed by atoms with Crippen molar-refractivity contribution in [3.63, 3.8) is 0 Å². The van der Waals surface area contributed by atoms with Gasteiger partial charge in [-0.05, 0) is 12.1 Å². The minimum Gasteiger partial charge on any atom is -0.483 e. The van der Waals surface area contributed by atoms with E-state index in [2.05, 4.69) is 20.5 Å². The molecule has 2 rings (SSSR count). The number of H-pyrrole nitrogens is 1. The van der Waals surface area contributed by atoms with Crippen LogP contribution in [0.25, 0.3) is 0 Å². The van der Waals surface area contributed by atoms with Gasteiger partial charge in [-0.3, -0.25) is 9.89 Å². The Bertz CT molecular complexity index is 615. The van der Waals surface area contributed by atoms with E-state index in [1.54, 1.807) is 24.3 Å². The number of rotatable bonds is 7. The highest BCUT2D eigenvalue weighted by Crippen LogP contribution is 2.17. The minimum absolute atomic E-state index is 0.101. The normalized spacial score (nSPS) is 10.1. The average Bonchev–Trinajstić information content (AvgIpc) is 2.98. The van der Waals surface area contributed by atoms with E-state index in [1.807, 2.05) is 0 Å². The van der Waals surface area contributed by atoms with Gasteiger partial charge in [-0.25, -0.2) is 4.98 Å². The van der Waals surface area contributed by atoms with Gasteiger partial charge in [0.25, 0.3) is 5.91 Å². The quantitative estimate of drug-likeness (QED) is 0.630. The maximum absolute atomic E-state index is 11.7. The maximum atomic E-state index is 11.7. The van der Waals surface area contributed by atoms with Gasteiger partial charge in [-0.1, -0.05) is 24.4 Å². The Morgan fingerprint density at radius 2 is 2.24 bits per heavy atom. The highest BCUT2D eigenvalue weighted by atomic mass is 32.1. The number of para-hydroxylation sites is 1. The summed E-state index contributed by atoms with van der Waals surface area (Å²) in [6.45, 7) is 0.352. The number of thiocarbonyl (C=S) groups is 1. The Kier molecular flexibility index (Phi) is 5.22. The van der Waals surface area contributed by atoms with Crippen LogP contribution < -0.4 is 15.8 Å². The molecular weight excluding hydrogens is 290 g/mol. The minimum atomic E-state index is -0.229. The molecule has 1 aromatic heterocycles. The van der Waals surface area contributed by atoms with Gasteiger partial charge in [-0.15, -0.1) is 0 Å². The van der Waals surface area contributed by atoms with Crippen LogP contribution in [0.2, 0.25) is 0 Å². The van der Waals surface area contributed by atoms with Crippen LogP contribution >= 0.6 is 12.2 Å². The number of aromatic nitrogens is 3. The summed E-state index contributed by atoms with van der Waals surface area (Å²) in [4.78, 5) is 15.9. The van der Waals surface area contributed by atoms with Gasteiger partial charge in [0.1, 0.15) is 22.9 Å². The molecule has 1 aromatic carbocycles. The first kappa shape index (κ1) is 14.9. The molecule has 4 N–H and O–H groups in total. The molecule has 7 nitrogen and oxygen atoms in total. The molecule has 0 aliphatic carbocycles. The Hall–Kier alpha value is -2.48. The maximum Gasteiger partial charge on any atom is 0.257 e. The van der Waals surface area contributed by atoms with Crippen molar-refractivity contribution < 1.29 is 9.53 Å². The average molecular weight is 305 g/mol. The van der Waals surface area contributed by atoms with Gasteiger partial charge < -0.3 is 15.8 Å². The van der Waals surface area contributed by atoms with Gasteiger partial charge in [0.05, 0.1) is 5.56 Å². The number of benzene rings is 1. The zero-order valence-electron chi connectivity index (χ0n) is 11.2. The summed E-state index contributed by atoms with van der Waals surface area (Å²) in [5.41, 5.74) is 6.20. The summed E-state index contributed by atoms with van der Waals surface area (Å²) in [6, 6.07) is 7.06. The number of aromatic amines is 1. The van der Waals surface area contributed by atoms with Crippen molar-refractivity contribution in [1.29, 1.82) is 0 Å². The number of carbonyl (C=O) groups excluding carboxylic acids is 1. The molecule has 0 bridgehead atoms. The molecule has 0 fully saturated rings. The van der Waals surface area contributed by atoms with E-state index in [0.29, 0.717) is 24.3 Å². The zero-order valence-corrected chi connectivity index (χ0v) is 12.0. The van der Waals surface area contributed by atoms with Crippen LogP contribution in [0.15, 0.2) is 30.6 Å². The molecule has 0 aliphatic rings. The smallest absolute Gasteiger partial charge is 0.257 e. The zero-order chi connectivity index (χ0) is 15.1. The molecule has 110 valence electrons. The first-order valence-electron chi connectivity index (χ1n) is 6.29. The van der Waals surface area contributed by atoms with Crippen LogP contribution in [0.5, 0.6) is 5.75 Å². The molecule has 0 radical (unpaired) electrons. The molecule has 0 aliphatic heterocycles. The first-order valence-corrected chi connectivity index (χ1v) is 6.70. The predicted octanol–water partition coefficient (Wildman–Crippen LogP) is 0.177. The summed E-state index contributed by atoms with van der Waals surface area (Å²) in [5.74, 6) is 0.984. The Labute approximate surface area is 126 Å². The molecule has 0 atom stereocenters. The van der Waals surface area contributed by atoms with Crippen molar-refractivity contribution in [3.05, 3.63) is 42.0 Å². The molecule has 0 spiro atoms. The van der Waals surface area contributed by atoms with Crippen molar-refractivity contribution in [2.24, 2.45) is 5.73 Å². The topological polar surface area (TPSA) is 106 Å². The summed E-state index contributed by atoms with van der Waals surface area (Å²) in [7, 11) is 0. The van der Waals surface area contributed by atoms with Crippen LogP contribution in [-0.4, -0.2) is 39.2 Å². The SMILES string of the molecule is NC(=S)c1ccccc1OCC(=O)NCCc1ncn[nH]1. The predicted molar refractivity (Wildman–Crippen MR) is 80.9 cm³/mol. The summed E-state index contributed by atoms with van der Waals surface area (Å²) < 4.78 is 5.43. The van der Waals surface area contributed by atoms with E-state index in [0.717, 1.165) is 5.82 Å². The molecule has 2 aromatic rings. The van der Waals surface area contributed by atoms with Gasteiger partial charge in [0.2, 0.25) is 0 Å². The first-order chi connectivity index (χ1) is 10.2. The molecule has 1 heterocycles.